The highest BCUT2D eigenvalue weighted by atomic mass is 35.5. The summed E-state index contributed by atoms with van der Waals surface area (Å²) in [5.41, 5.74) is -3.55. The molecular weight excluding hydrogens is 1170 g/mol. The molecule has 0 aliphatic carbocycles. The van der Waals surface area contributed by atoms with Crippen LogP contribution in [0.4, 0.5) is 49.9 Å². The maximum atomic E-state index is 16.2. The number of pyridine rings is 4. The van der Waals surface area contributed by atoms with E-state index in [0.717, 1.165) is 28.4 Å². The number of amides is 3. The Morgan fingerprint density at radius 1 is 0.686 bits per heavy atom. The number of halogens is 6. The summed E-state index contributed by atoms with van der Waals surface area (Å²) in [5.74, 6) is -6.60. The van der Waals surface area contributed by atoms with Gasteiger partial charge in [0.05, 0.1) is 64.6 Å². The molecule has 86 heavy (non-hydrogen) atoms. The van der Waals surface area contributed by atoms with E-state index in [-0.39, 0.29) is 66.0 Å². The Kier molecular flexibility index (Phi) is 17.6. The zero-order valence-electron chi connectivity index (χ0n) is 50.0. The maximum Gasteiger partial charge on any atom is 0.410 e. The predicted octanol–water partition coefficient (Wildman–Crippen LogP) is 11.2. The number of aryl methyl sites for hydroxylation is 2. The topological polar surface area (TPSA) is 234 Å². The van der Waals surface area contributed by atoms with E-state index in [1.54, 1.807) is 106 Å². The van der Waals surface area contributed by atoms with Crippen LogP contribution in [0.5, 0.6) is 0 Å². The number of carbonyl (C=O) groups excluding carboxylic acids is 4. The molecule has 4 aromatic heterocycles. The average molecular weight is 1240 g/mol. The molecular formula is C59H66Cl2F4N10O11. The number of ether oxygens (including phenoxy) is 3. The molecule has 0 spiro atoms. The predicted molar refractivity (Wildman–Crippen MR) is 317 cm³/mol. The second kappa shape index (κ2) is 23.7. The Balaban J connectivity index is 0.000000224. The fourth-order valence-electron chi connectivity index (χ4n) is 11.1. The number of hydrogen-bond donors (Lipinski definition) is 1. The fourth-order valence-corrected chi connectivity index (χ4v) is 11.4. The molecule has 0 bridgehead atoms. The van der Waals surface area contributed by atoms with E-state index in [1.807, 2.05) is 13.8 Å². The third kappa shape index (κ3) is 11.6. The minimum absolute atomic E-state index is 0.0519. The van der Waals surface area contributed by atoms with Gasteiger partial charge in [0, 0.05) is 48.3 Å². The highest BCUT2D eigenvalue weighted by molar-refractivity contribution is 6.32. The van der Waals surface area contributed by atoms with Crippen LogP contribution in [0.15, 0.2) is 46.2 Å². The summed E-state index contributed by atoms with van der Waals surface area (Å²) in [4.78, 5) is 107. The molecule has 0 saturated carbocycles. The Bertz CT molecular complexity index is 3940. The van der Waals surface area contributed by atoms with Crippen molar-refractivity contribution in [2.45, 2.75) is 144 Å². The van der Waals surface area contributed by atoms with Gasteiger partial charge >= 0.3 is 29.4 Å². The normalized spacial score (nSPS) is 18.0. The van der Waals surface area contributed by atoms with Crippen LogP contribution in [0, 0.1) is 47.2 Å². The van der Waals surface area contributed by atoms with Gasteiger partial charge in [0.2, 0.25) is 5.91 Å². The van der Waals surface area contributed by atoms with Crippen molar-refractivity contribution in [1.82, 2.24) is 28.9 Å². The lowest BCUT2D eigenvalue weighted by Crippen LogP contribution is -2.65. The number of aromatic nitrogens is 4. The van der Waals surface area contributed by atoms with Crippen molar-refractivity contribution in [3.05, 3.63) is 123 Å². The van der Waals surface area contributed by atoms with Crippen LogP contribution in [0.25, 0.3) is 33.2 Å². The molecule has 3 aliphatic heterocycles. The third-order valence-corrected chi connectivity index (χ3v) is 15.6. The highest BCUT2D eigenvalue weighted by Crippen LogP contribution is 2.45. The third-order valence-electron chi connectivity index (χ3n) is 14.9. The summed E-state index contributed by atoms with van der Waals surface area (Å²) in [6.07, 6.45) is 1.75. The van der Waals surface area contributed by atoms with E-state index >= 15 is 17.6 Å². The zero-order chi connectivity index (χ0) is 63.8. The number of piperazine rings is 2. The van der Waals surface area contributed by atoms with Crippen LogP contribution in [0.3, 0.4) is 0 Å². The number of fused-ring (bicyclic) bond motifs is 6. The van der Waals surface area contributed by atoms with Gasteiger partial charge in [-0.05, 0) is 116 Å². The summed E-state index contributed by atoms with van der Waals surface area (Å²) in [5, 5.41) is 13.4. The lowest BCUT2D eigenvalue weighted by Gasteiger charge is -2.48. The number of hydrogen-bond acceptors (Lipinski definition) is 15. The number of nitrogens with zero attached hydrogens (tertiary/aromatic N) is 9. The monoisotopic (exact) mass is 1240 g/mol. The van der Waals surface area contributed by atoms with Gasteiger partial charge in [-0.15, -0.1) is 0 Å². The molecule has 21 nitrogen and oxygen atoms in total. The van der Waals surface area contributed by atoms with E-state index in [1.165, 1.54) is 20.9 Å². The van der Waals surface area contributed by atoms with Gasteiger partial charge < -0.3 is 39.1 Å². The second-order valence-corrected chi connectivity index (χ2v) is 24.8. The van der Waals surface area contributed by atoms with E-state index in [0.29, 0.717) is 28.2 Å². The van der Waals surface area contributed by atoms with Crippen LogP contribution < -0.4 is 26.2 Å². The highest BCUT2D eigenvalue weighted by Gasteiger charge is 2.47. The number of methoxy groups -OCH3 is 1. The minimum Gasteiger partial charge on any atom is -0.467 e. The molecule has 3 amide bonds. The molecule has 1 N–H and O–H groups in total. The van der Waals surface area contributed by atoms with Gasteiger partial charge in [-0.2, -0.15) is 0 Å². The molecule has 3 aliphatic rings. The van der Waals surface area contributed by atoms with E-state index in [4.69, 9.17) is 37.4 Å². The first-order chi connectivity index (χ1) is 40.0. The first kappa shape index (κ1) is 63.9. The zero-order valence-corrected chi connectivity index (χ0v) is 51.6. The summed E-state index contributed by atoms with van der Waals surface area (Å²) in [7, 11) is 1.08. The van der Waals surface area contributed by atoms with Crippen molar-refractivity contribution >= 4 is 91.8 Å². The first-order valence-electron chi connectivity index (χ1n) is 27.5. The van der Waals surface area contributed by atoms with Gasteiger partial charge in [0.1, 0.15) is 56.3 Å². The fraction of sp³-hybridized carbons (Fsp3) is 0.458. The van der Waals surface area contributed by atoms with Gasteiger partial charge in [-0.25, -0.2) is 31.9 Å². The molecule has 7 heterocycles. The number of nitrogens with one attached hydrogen (secondary N) is 1. The average Bonchev–Trinajstić information content (AvgIpc) is 0.727. The second-order valence-electron chi connectivity index (χ2n) is 24.1. The molecule has 460 valence electrons. The van der Waals surface area contributed by atoms with E-state index in [2.05, 4.69) is 15.3 Å². The SMILES string of the molecule is COC(=O)[C@H]1CN(C(=O)OC(C)(C)C)[C@H](C)CN1c1c([N+](=O)[O-])c(=O)n(-c2c(C)ccnc2C(C)C)c2c(F)c(Cl)c(F)cc12.Cc1ccnc(C(C)C)c1-n1c(=O)c2c(c3cc(F)c(Cl)c(F)c31)N1C[C@@H](C)N(C(=O)OC(C)(C)C)C[C@@H]1C(=O)N2. The molecule has 2 aromatic carbocycles. The lowest BCUT2D eigenvalue weighted by atomic mass is 9.98. The number of rotatable bonds is 7. The summed E-state index contributed by atoms with van der Waals surface area (Å²) in [6, 6.07) is 1.55. The number of esters is 1. The van der Waals surface area contributed by atoms with Crippen molar-refractivity contribution < 1.29 is 55.9 Å². The van der Waals surface area contributed by atoms with Crippen LogP contribution in [0.1, 0.15) is 117 Å². The molecule has 6 aromatic rings. The molecule has 2 fully saturated rings. The van der Waals surface area contributed by atoms with Crippen LogP contribution >= 0.6 is 23.2 Å². The Morgan fingerprint density at radius 3 is 1.55 bits per heavy atom. The quantitative estimate of drug-likeness (QED) is 0.0391. The number of anilines is 3. The van der Waals surface area contributed by atoms with E-state index in [9.17, 15) is 38.9 Å². The van der Waals surface area contributed by atoms with Gasteiger partial charge in [0.25, 0.3) is 5.56 Å². The largest absolute Gasteiger partial charge is 0.467 e. The van der Waals surface area contributed by atoms with Crippen molar-refractivity contribution in [3.63, 3.8) is 0 Å². The molecule has 0 radical (unpaired) electrons. The Labute approximate surface area is 501 Å². The van der Waals surface area contributed by atoms with Crippen molar-refractivity contribution in [2.75, 3.05) is 48.4 Å². The van der Waals surface area contributed by atoms with Crippen molar-refractivity contribution in [1.29, 1.82) is 0 Å². The van der Waals surface area contributed by atoms with Gasteiger partial charge in [0.15, 0.2) is 11.6 Å². The molecule has 27 heteroatoms. The molecule has 2 saturated heterocycles. The lowest BCUT2D eigenvalue weighted by molar-refractivity contribution is -0.385. The number of nitro groups is 1. The van der Waals surface area contributed by atoms with Gasteiger partial charge in [-0.1, -0.05) is 50.9 Å². The molecule has 9 rings (SSSR count). The number of benzene rings is 2. The minimum atomic E-state index is -1.43. The Morgan fingerprint density at radius 2 is 1.12 bits per heavy atom. The summed E-state index contributed by atoms with van der Waals surface area (Å²) in [6.45, 7) is 23.7. The molecule has 4 atom stereocenters. The molecule has 0 unspecified atom stereocenters. The van der Waals surface area contributed by atoms with Gasteiger partial charge in [-0.3, -0.25) is 43.6 Å². The summed E-state index contributed by atoms with van der Waals surface area (Å²) < 4.78 is 80.3. The smallest absolute Gasteiger partial charge is 0.410 e. The van der Waals surface area contributed by atoms with Crippen molar-refractivity contribution in [3.8, 4) is 11.4 Å². The van der Waals surface area contributed by atoms with Crippen LogP contribution in [0.2, 0.25) is 10.0 Å². The maximum absolute atomic E-state index is 16.2. The van der Waals surface area contributed by atoms with Crippen LogP contribution in [-0.2, 0) is 23.8 Å². The van der Waals surface area contributed by atoms with E-state index < -0.39 is 131 Å². The Hall–Kier alpha value is -8.06. The van der Waals surface area contributed by atoms with Crippen molar-refractivity contribution in [2.24, 2.45) is 0 Å². The summed E-state index contributed by atoms with van der Waals surface area (Å²) >= 11 is 12.1. The van der Waals surface area contributed by atoms with Crippen LogP contribution in [-0.4, -0.2) is 127 Å². The number of carbonyl (C=O) groups is 4. The standard InChI is InChI=1S/C30H34ClF2N5O7.C29H32ClF2N5O4/c1-14(2)22-23(15(3)9-10-34-22)37-24-17(11-18(32)20(31)21(24)33)25(26(27(37)39)38(42)43)36-12-16(4)35(13-19(36)28(40)44-8)29(41)45-30(5,6)7;1-13(2)21-23(14(3)8-9-33-21)37-24-16(10-17(31)19(30)20(24)32)25-22(27(37)39)34-26(38)18-12-35(15(4)11-36(18)25)28(40)41-29(5,6)7/h9-11,14,16,19H,12-13H2,1-8H3;8-10,13,15,18H,11-12H2,1-7H3,(H,34,38)/t16-,19-;15-,18-/m11/s1. The first-order valence-corrected chi connectivity index (χ1v) is 28.3.